The Bertz CT molecular complexity index is 768. The van der Waals surface area contributed by atoms with Crippen LogP contribution in [0.5, 0.6) is 17.2 Å². The van der Waals surface area contributed by atoms with Crippen molar-refractivity contribution in [3.8, 4) is 17.2 Å². The number of anilines is 1. The first kappa shape index (κ1) is 23.9. The predicted octanol–water partition coefficient (Wildman–Crippen LogP) is 4.64. The number of guanidine groups is 1. The minimum atomic E-state index is 0. The first-order valence-corrected chi connectivity index (χ1v) is 9.18. The molecule has 0 aliphatic rings. The maximum atomic E-state index is 6.10. The zero-order valence-corrected chi connectivity index (χ0v) is 19.2. The highest BCUT2D eigenvalue weighted by molar-refractivity contribution is 14.0. The van der Waals surface area contributed by atoms with E-state index < -0.39 is 0 Å². The fourth-order valence-electron chi connectivity index (χ4n) is 2.73. The Kier molecular flexibility index (Phi) is 10.5. The van der Waals surface area contributed by atoms with Gasteiger partial charge in [-0.1, -0.05) is 25.1 Å². The van der Waals surface area contributed by atoms with Crippen molar-refractivity contribution >= 4 is 35.6 Å². The normalized spacial score (nSPS) is 11.9. The van der Waals surface area contributed by atoms with Gasteiger partial charge in [0.15, 0.2) is 5.96 Å². The average molecular weight is 499 g/mol. The van der Waals surface area contributed by atoms with Crippen molar-refractivity contribution in [2.45, 2.75) is 26.7 Å². The largest absolute Gasteiger partial charge is 0.496 e. The molecule has 0 bridgehead atoms. The second kappa shape index (κ2) is 12.3. The predicted molar refractivity (Wildman–Crippen MR) is 126 cm³/mol. The van der Waals surface area contributed by atoms with E-state index in [1.807, 2.05) is 56.3 Å². The zero-order chi connectivity index (χ0) is 19.6. The van der Waals surface area contributed by atoms with Crippen molar-refractivity contribution in [2.75, 3.05) is 32.2 Å². The van der Waals surface area contributed by atoms with Crippen molar-refractivity contribution in [3.63, 3.8) is 0 Å². The van der Waals surface area contributed by atoms with E-state index in [1.165, 1.54) is 0 Å². The third-order valence-corrected chi connectivity index (χ3v) is 4.03. The maximum Gasteiger partial charge on any atom is 0.193 e. The number of methoxy groups -OCH3 is 1. The lowest BCUT2D eigenvalue weighted by Crippen LogP contribution is -2.24. The number of aliphatic imine (C=N–C) groups is 1. The summed E-state index contributed by atoms with van der Waals surface area (Å²) in [6.07, 6.45) is 0. The third kappa shape index (κ3) is 6.78. The minimum absolute atomic E-state index is 0. The maximum absolute atomic E-state index is 6.10. The Morgan fingerprint density at radius 2 is 1.79 bits per heavy atom. The molecule has 3 N–H and O–H groups in total. The molecule has 0 saturated heterocycles. The van der Waals surface area contributed by atoms with Crippen LogP contribution in [0.1, 0.15) is 32.3 Å². The summed E-state index contributed by atoms with van der Waals surface area (Å²) in [5.74, 6) is 2.80. The molecule has 0 amide bonds. The fraction of sp³-hybridized carbons (Fsp3) is 0.381. The monoisotopic (exact) mass is 499 g/mol. The van der Waals surface area contributed by atoms with Gasteiger partial charge in [-0.3, -0.25) is 4.99 Å². The Labute approximate surface area is 184 Å². The summed E-state index contributed by atoms with van der Waals surface area (Å²) in [6.45, 7) is 7.66. The lowest BCUT2D eigenvalue weighted by atomic mass is 10.0. The van der Waals surface area contributed by atoms with Gasteiger partial charge in [0.1, 0.15) is 17.2 Å². The van der Waals surface area contributed by atoms with Gasteiger partial charge in [0.25, 0.3) is 0 Å². The molecule has 7 heteroatoms. The van der Waals surface area contributed by atoms with E-state index in [-0.39, 0.29) is 29.9 Å². The average Bonchev–Trinajstić information content (AvgIpc) is 2.68. The molecule has 28 heavy (non-hydrogen) atoms. The molecule has 0 aromatic heterocycles. The number of rotatable bonds is 9. The molecule has 1 unspecified atom stereocenters. The second-order valence-electron chi connectivity index (χ2n) is 6.02. The Balaban J connectivity index is 0.00000392. The van der Waals surface area contributed by atoms with Gasteiger partial charge in [0.05, 0.1) is 26.0 Å². The van der Waals surface area contributed by atoms with Gasteiger partial charge in [0.2, 0.25) is 0 Å². The van der Waals surface area contributed by atoms with E-state index in [0.29, 0.717) is 31.5 Å². The summed E-state index contributed by atoms with van der Waals surface area (Å²) in [5.41, 5.74) is 7.94. The number of para-hydroxylation sites is 1. The van der Waals surface area contributed by atoms with Crippen molar-refractivity contribution in [2.24, 2.45) is 10.7 Å². The molecular formula is C21H30IN3O3. The van der Waals surface area contributed by atoms with E-state index in [9.17, 15) is 0 Å². The second-order valence-corrected chi connectivity index (χ2v) is 6.02. The Morgan fingerprint density at radius 3 is 2.46 bits per heavy atom. The molecule has 154 valence electrons. The number of nitrogens with zero attached hydrogens (tertiary/aromatic N) is 1. The molecule has 0 spiro atoms. The van der Waals surface area contributed by atoms with Crippen LogP contribution in [0.25, 0.3) is 0 Å². The summed E-state index contributed by atoms with van der Waals surface area (Å²) in [5, 5.41) is 3.12. The van der Waals surface area contributed by atoms with Crippen LogP contribution in [0, 0.1) is 0 Å². The van der Waals surface area contributed by atoms with Crippen LogP contribution >= 0.6 is 24.0 Å². The van der Waals surface area contributed by atoms with E-state index in [0.717, 1.165) is 22.7 Å². The minimum Gasteiger partial charge on any atom is -0.496 e. The number of nitrogens with one attached hydrogen (secondary N) is 1. The van der Waals surface area contributed by atoms with Crippen LogP contribution in [0.3, 0.4) is 0 Å². The Morgan fingerprint density at radius 1 is 1.07 bits per heavy atom. The van der Waals surface area contributed by atoms with E-state index in [2.05, 4.69) is 17.2 Å². The molecule has 0 aliphatic heterocycles. The summed E-state index contributed by atoms with van der Waals surface area (Å²) < 4.78 is 16.6. The molecule has 2 aromatic rings. The molecule has 0 heterocycles. The van der Waals surface area contributed by atoms with Gasteiger partial charge < -0.3 is 25.3 Å². The van der Waals surface area contributed by atoms with E-state index >= 15 is 0 Å². The number of hydrogen-bond donors (Lipinski definition) is 2. The van der Waals surface area contributed by atoms with Gasteiger partial charge in [0, 0.05) is 18.5 Å². The van der Waals surface area contributed by atoms with Gasteiger partial charge in [-0.25, -0.2) is 0 Å². The highest BCUT2D eigenvalue weighted by Gasteiger charge is 2.11. The lowest BCUT2D eigenvalue weighted by Gasteiger charge is -2.15. The van der Waals surface area contributed by atoms with Crippen LogP contribution in [-0.2, 0) is 0 Å². The molecule has 0 saturated carbocycles. The zero-order valence-electron chi connectivity index (χ0n) is 16.9. The number of ether oxygens (including phenoxy) is 3. The SMILES string of the molecule is CCOc1ccc(OCC)c(NC(N)=NCC(C)c2ccccc2OC)c1.I. The molecule has 2 rings (SSSR count). The molecule has 0 fully saturated rings. The summed E-state index contributed by atoms with van der Waals surface area (Å²) in [4.78, 5) is 4.48. The molecule has 0 radical (unpaired) electrons. The molecule has 6 nitrogen and oxygen atoms in total. The van der Waals surface area contributed by atoms with Gasteiger partial charge >= 0.3 is 0 Å². The lowest BCUT2D eigenvalue weighted by molar-refractivity contribution is 0.332. The van der Waals surface area contributed by atoms with Crippen LogP contribution in [0.2, 0.25) is 0 Å². The Hall–Kier alpha value is -2.16. The molecule has 0 aliphatic carbocycles. The highest BCUT2D eigenvalue weighted by Crippen LogP contribution is 2.30. The number of benzene rings is 2. The van der Waals surface area contributed by atoms with Crippen LogP contribution in [0.4, 0.5) is 5.69 Å². The van der Waals surface area contributed by atoms with Crippen LogP contribution < -0.4 is 25.3 Å². The van der Waals surface area contributed by atoms with Gasteiger partial charge in [-0.15, -0.1) is 24.0 Å². The fourth-order valence-corrected chi connectivity index (χ4v) is 2.73. The quantitative estimate of drug-likeness (QED) is 0.299. The van der Waals surface area contributed by atoms with E-state index in [1.54, 1.807) is 7.11 Å². The van der Waals surface area contributed by atoms with Gasteiger partial charge in [-0.2, -0.15) is 0 Å². The standard InChI is InChI=1S/C21H29N3O3.HI/c1-5-26-16-11-12-20(27-6-2)18(13-16)24-21(22)23-14-15(3)17-9-7-8-10-19(17)25-4;/h7-13,15H,5-6,14H2,1-4H3,(H3,22,23,24);1H. The first-order valence-electron chi connectivity index (χ1n) is 9.18. The summed E-state index contributed by atoms with van der Waals surface area (Å²) in [6, 6.07) is 13.5. The number of hydrogen-bond acceptors (Lipinski definition) is 4. The van der Waals surface area contributed by atoms with Crippen molar-refractivity contribution in [1.29, 1.82) is 0 Å². The van der Waals surface area contributed by atoms with Crippen LogP contribution in [-0.4, -0.2) is 32.8 Å². The molecular weight excluding hydrogens is 469 g/mol. The van der Waals surface area contributed by atoms with Crippen molar-refractivity contribution < 1.29 is 14.2 Å². The van der Waals surface area contributed by atoms with Crippen molar-refractivity contribution in [1.82, 2.24) is 0 Å². The molecule has 2 aromatic carbocycles. The molecule has 1 atom stereocenters. The summed E-state index contributed by atoms with van der Waals surface area (Å²) >= 11 is 0. The number of nitrogens with two attached hydrogens (primary N) is 1. The highest BCUT2D eigenvalue weighted by atomic mass is 127. The number of halogens is 1. The van der Waals surface area contributed by atoms with Gasteiger partial charge in [-0.05, 0) is 37.6 Å². The topological polar surface area (TPSA) is 78.1 Å². The summed E-state index contributed by atoms with van der Waals surface area (Å²) in [7, 11) is 1.67. The van der Waals surface area contributed by atoms with Crippen molar-refractivity contribution in [3.05, 3.63) is 48.0 Å². The smallest absolute Gasteiger partial charge is 0.193 e. The third-order valence-electron chi connectivity index (χ3n) is 4.03. The first-order chi connectivity index (χ1) is 13.1. The van der Waals surface area contributed by atoms with Crippen LogP contribution in [0.15, 0.2) is 47.5 Å². The van der Waals surface area contributed by atoms with E-state index in [4.69, 9.17) is 19.9 Å².